The molecule has 0 spiro atoms. The summed E-state index contributed by atoms with van der Waals surface area (Å²) >= 11 is 6.04. The van der Waals surface area contributed by atoms with Gasteiger partial charge in [-0.1, -0.05) is 23.7 Å². The highest BCUT2D eigenvalue weighted by molar-refractivity contribution is 6.32. The molecule has 126 valence electrons. The largest absolute Gasteiger partial charge is 0.479 e. The summed E-state index contributed by atoms with van der Waals surface area (Å²) in [6.07, 6.45) is -0.616. The number of piperazine rings is 1. The van der Waals surface area contributed by atoms with E-state index in [1.54, 1.807) is 36.9 Å². The van der Waals surface area contributed by atoms with Crippen molar-refractivity contribution in [3.05, 3.63) is 29.3 Å². The van der Waals surface area contributed by atoms with Crippen LogP contribution in [0.2, 0.25) is 5.02 Å². The van der Waals surface area contributed by atoms with E-state index < -0.39 is 6.10 Å². The molecule has 1 heterocycles. The summed E-state index contributed by atoms with van der Waals surface area (Å²) in [5.41, 5.74) is 5.32. The highest BCUT2D eigenvalue weighted by atomic mass is 35.5. The third-order valence-corrected chi connectivity index (χ3v) is 4.39. The van der Waals surface area contributed by atoms with Crippen LogP contribution < -0.4 is 10.5 Å². The molecular formula is C16H22ClN3O3. The fourth-order valence-corrected chi connectivity index (χ4v) is 2.73. The third kappa shape index (κ3) is 4.36. The normalized spacial score (nSPS) is 18.3. The topological polar surface area (TPSA) is 75.9 Å². The molecule has 6 nitrogen and oxygen atoms in total. The quantitative estimate of drug-likeness (QED) is 0.872. The molecule has 2 amide bonds. The minimum Gasteiger partial charge on any atom is -0.479 e. The van der Waals surface area contributed by atoms with Gasteiger partial charge in [0.05, 0.1) is 11.1 Å². The monoisotopic (exact) mass is 339 g/mol. The molecular weight excluding hydrogens is 318 g/mol. The summed E-state index contributed by atoms with van der Waals surface area (Å²) in [6.45, 7) is 5.83. The summed E-state index contributed by atoms with van der Waals surface area (Å²) in [6, 6.07) is 6.75. The van der Waals surface area contributed by atoms with Gasteiger partial charge in [0.25, 0.3) is 5.91 Å². The van der Waals surface area contributed by atoms with E-state index in [-0.39, 0.29) is 17.9 Å². The van der Waals surface area contributed by atoms with Crippen LogP contribution in [0.3, 0.4) is 0 Å². The molecule has 7 heteroatoms. The van der Waals surface area contributed by atoms with Gasteiger partial charge >= 0.3 is 0 Å². The first-order valence-corrected chi connectivity index (χ1v) is 8.01. The molecule has 0 radical (unpaired) electrons. The standard InChI is InChI=1S/C16H22ClN3O3/c1-11(15(18)21)19-7-9-20(10-8-19)16(22)12(2)23-14-6-4-3-5-13(14)17/h3-6,11-12H,7-10H2,1-2H3,(H2,18,21)/t11-,12+/m1/s1. The fourth-order valence-electron chi connectivity index (χ4n) is 2.55. The maximum absolute atomic E-state index is 12.5. The number of carbonyl (C=O) groups is 2. The maximum atomic E-state index is 12.5. The first-order valence-electron chi connectivity index (χ1n) is 7.63. The van der Waals surface area contributed by atoms with Crippen LogP contribution in [0.1, 0.15) is 13.8 Å². The van der Waals surface area contributed by atoms with Crippen LogP contribution in [0, 0.1) is 0 Å². The Morgan fingerprint density at radius 3 is 2.35 bits per heavy atom. The van der Waals surface area contributed by atoms with Crippen molar-refractivity contribution in [3.63, 3.8) is 0 Å². The molecule has 0 bridgehead atoms. The molecule has 0 aliphatic carbocycles. The first-order chi connectivity index (χ1) is 10.9. The van der Waals surface area contributed by atoms with E-state index in [0.717, 1.165) is 0 Å². The molecule has 1 aromatic rings. The molecule has 1 saturated heterocycles. The average Bonchev–Trinajstić information content (AvgIpc) is 2.55. The van der Waals surface area contributed by atoms with Crippen LogP contribution in [0.4, 0.5) is 0 Å². The van der Waals surface area contributed by atoms with Gasteiger partial charge in [0.1, 0.15) is 5.75 Å². The van der Waals surface area contributed by atoms with Crippen LogP contribution >= 0.6 is 11.6 Å². The molecule has 1 aliphatic heterocycles. The van der Waals surface area contributed by atoms with Crippen molar-refractivity contribution in [2.75, 3.05) is 26.2 Å². The van der Waals surface area contributed by atoms with Crippen molar-refractivity contribution in [3.8, 4) is 5.75 Å². The molecule has 2 atom stereocenters. The number of hydrogen-bond acceptors (Lipinski definition) is 4. The maximum Gasteiger partial charge on any atom is 0.263 e. The van der Waals surface area contributed by atoms with E-state index >= 15 is 0 Å². The van der Waals surface area contributed by atoms with E-state index in [0.29, 0.717) is 37.0 Å². The van der Waals surface area contributed by atoms with Crippen LogP contribution in [0.25, 0.3) is 0 Å². The Balaban J connectivity index is 1.89. The van der Waals surface area contributed by atoms with E-state index in [4.69, 9.17) is 22.1 Å². The second-order valence-corrected chi connectivity index (χ2v) is 6.04. The summed E-state index contributed by atoms with van der Waals surface area (Å²) in [4.78, 5) is 27.4. The molecule has 1 fully saturated rings. The number of rotatable bonds is 5. The number of hydrogen-bond donors (Lipinski definition) is 1. The van der Waals surface area contributed by atoms with Crippen molar-refractivity contribution in [2.24, 2.45) is 5.73 Å². The Kier molecular flexibility index (Phi) is 5.85. The number of amides is 2. The van der Waals surface area contributed by atoms with Gasteiger partial charge in [-0.15, -0.1) is 0 Å². The minimum absolute atomic E-state index is 0.0868. The van der Waals surface area contributed by atoms with E-state index in [1.165, 1.54) is 0 Å². The number of halogens is 1. The summed E-state index contributed by atoms with van der Waals surface area (Å²) in [5.74, 6) is 0.0625. The van der Waals surface area contributed by atoms with Crippen molar-refractivity contribution < 1.29 is 14.3 Å². The Hall–Kier alpha value is -1.79. The van der Waals surface area contributed by atoms with Gasteiger partial charge in [-0.3, -0.25) is 14.5 Å². The summed E-state index contributed by atoms with van der Waals surface area (Å²) in [7, 11) is 0. The van der Waals surface area contributed by atoms with E-state index in [2.05, 4.69) is 0 Å². The third-order valence-electron chi connectivity index (χ3n) is 4.07. The SMILES string of the molecule is C[C@H](Oc1ccccc1Cl)C(=O)N1CCN([C@H](C)C(N)=O)CC1. The number of carbonyl (C=O) groups excluding carboxylic acids is 2. The van der Waals surface area contributed by atoms with Crippen LogP contribution in [-0.2, 0) is 9.59 Å². The Morgan fingerprint density at radius 1 is 1.17 bits per heavy atom. The van der Waals surface area contributed by atoms with Gasteiger partial charge in [0, 0.05) is 26.2 Å². The molecule has 1 aliphatic rings. The number of nitrogens with zero attached hydrogens (tertiary/aromatic N) is 2. The predicted octanol–water partition coefficient (Wildman–Crippen LogP) is 1.13. The minimum atomic E-state index is -0.616. The zero-order valence-corrected chi connectivity index (χ0v) is 14.1. The lowest BCUT2D eigenvalue weighted by Crippen LogP contribution is -2.56. The Labute approximate surface area is 141 Å². The van der Waals surface area contributed by atoms with Crippen molar-refractivity contribution >= 4 is 23.4 Å². The molecule has 1 aromatic carbocycles. The van der Waals surface area contributed by atoms with E-state index in [9.17, 15) is 9.59 Å². The smallest absolute Gasteiger partial charge is 0.263 e. The van der Waals surface area contributed by atoms with Crippen LogP contribution in [0.15, 0.2) is 24.3 Å². The van der Waals surface area contributed by atoms with Crippen LogP contribution in [0.5, 0.6) is 5.75 Å². The molecule has 0 aromatic heterocycles. The van der Waals surface area contributed by atoms with Gasteiger partial charge in [-0.25, -0.2) is 0 Å². The lowest BCUT2D eigenvalue weighted by atomic mass is 10.2. The number of primary amides is 1. The highest BCUT2D eigenvalue weighted by Crippen LogP contribution is 2.24. The molecule has 2 rings (SSSR count). The number of nitrogens with two attached hydrogens (primary N) is 1. The Bertz CT molecular complexity index is 573. The van der Waals surface area contributed by atoms with Gasteiger partial charge in [-0.2, -0.15) is 0 Å². The zero-order valence-electron chi connectivity index (χ0n) is 13.4. The number of ether oxygens (including phenoxy) is 1. The van der Waals surface area contributed by atoms with Gasteiger partial charge in [0.2, 0.25) is 5.91 Å². The number of benzene rings is 1. The van der Waals surface area contributed by atoms with Crippen molar-refractivity contribution in [1.82, 2.24) is 9.80 Å². The predicted molar refractivity (Wildman–Crippen MR) is 88.4 cm³/mol. The van der Waals surface area contributed by atoms with Crippen molar-refractivity contribution in [2.45, 2.75) is 26.0 Å². The molecule has 0 saturated carbocycles. The number of para-hydroxylation sites is 1. The molecule has 2 N–H and O–H groups in total. The van der Waals surface area contributed by atoms with E-state index in [1.807, 2.05) is 11.0 Å². The van der Waals surface area contributed by atoms with Gasteiger partial charge < -0.3 is 15.4 Å². The first kappa shape index (κ1) is 17.6. The lowest BCUT2D eigenvalue weighted by Gasteiger charge is -2.37. The van der Waals surface area contributed by atoms with Crippen LogP contribution in [-0.4, -0.2) is 59.9 Å². The van der Waals surface area contributed by atoms with Crippen molar-refractivity contribution in [1.29, 1.82) is 0 Å². The Morgan fingerprint density at radius 2 is 1.78 bits per heavy atom. The fraction of sp³-hybridized carbons (Fsp3) is 0.500. The molecule has 0 unspecified atom stereocenters. The summed E-state index contributed by atoms with van der Waals surface area (Å²) < 4.78 is 5.66. The molecule has 23 heavy (non-hydrogen) atoms. The zero-order chi connectivity index (χ0) is 17.0. The van der Waals surface area contributed by atoms with Gasteiger partial charge in [-0.05, 0) is 26.0 Å². The highest BCUT2D eigenvalue weighted by Gasteiger charge is 2.29. The summed E-state index contributed by atoms with van der Waals surface area (Å²) in [5, 5.41) is 0.479. The lowest BCUT2D eigenvalue weighted by molar-refractivity contribution is -0.140. The second kappa shape index (κ2) is 7.66. The second-order valence-electron chi connectivity index (χ2n) is 5.63. The van der Waals surface area contributed by atoms with Gasteiger partial charge in [0.15, 0.2) is 6.10 Å². The average molecular weight is 340 g/mol.